The predicted molar refractivity (Wildman–Crippen MR) is 158 cm³/mol. The SMILES string of the molecule is CC(C)n1c(=O)c(-c2ccc(NS(=O)(=O)CC3CC(F)(F)C3)c(F)c2)cc2cnc(NC3CCC(N(C)C)CC3)nc21. The number of hydrogen-bond acceptors (Lipinski definition) is 7. The van der Waals surface area contributed by atoms with Crippen molar-refractivity contribution in [1.29, 1.82) is 0 Å². The van der Waals surface area contributed by atoms with Crippen molar-refractivity contribution in [3.8, 4) is 11.1 Å². The lowest BCUT2D eigenvalue weighted by Crippen LogP contribution is -2.40. The minimum absolute atomic E-state index is 0.215. The van der Waals surface area contributed by atoms with Gasteiger partial charge in [-0.25, -0.2) is 26.6 Å². The van der Waals surface area contributed by atoms with Crippen LogP contribution in [0.2, 0.25) is 0 Å². The molecule has 0 spiro atoms. The molecule has 0 aliphatic heterocycles. The second kappa shape index (κ2) is 11.5. The van der Waals surface area contributed by atoms with E-state index in [4.69, 9.17) is 0 Å². The highest BCUT2D eigenvalue weighted by Crippen LogP contribution is 2.43. The molecule has 0 unspecified atom stereocenters. The highest BCUT2D eigenvalue weighted by molar-refractivity contribution is 7.92. The molecule has 2 aromatic heterocycles. The zero-order valence-corrected chi connectivity index (χ0v) is 25.0. The van der Waals surface area contributed by atoms with Crippen molar-refractivity contribution in [3.05, 3.63) is 46.6 Å². The minimum Gasteiger partial charge on any atom is -0.351 e. The van der Waals surface area contributed by atoms with Crippen molar-refractivity contribution in [1.82, 2.24) is 19.4 Å². The molecule has 2 aliphatic rings. The quantitative estimate of drug-likeness (QED) is 0.343. The van der Waals surface area contributed by atoms with Gasteiger partial charge in [0.1, 0.15) is 11.5 Å². The molecule has 228 valence electrons. The number of aromatic nitrogens is 3. The molecule has 2 saturated carbocycles. The summed E-state index contributed by atoms with van der Waals surface area (Å²) in [7, 11) is 0.157. The summed E-state index contributed by atoms with van der Waals surface area (Å²) >= 11 is 0. The molecule has 5 rings (SSSR count). The van der Waals surface area contributed by atoms with Gasteiger partial charge in [-0.3, -0.25) is 14.1 Å². The highest BCUT2D eigenvalue weighted by atomic mass is 32.2. The van der Waals surface area contributed by atoms with Crippen LogP contribution in [0.1, 0.15) is 58.4 Å². The monoisotopic (exact) mass is 606 g/mol. The zero-order chi connectivity index (χ0) is 30.4. The number of rotatable bonds is 9. The van der Waals surface area contributed by atoms with Crippen LogP contribution >= 0.6 is 0 Å². The summed E-state index contributed by atoms with van der Waals surface area (Å²) in [6, 6.07) is 5.93. The third-order valence-electron chi connectivity index (χ3n) is 8.23. The van der Waals surface area contributed by atoms with Gasteiger partial charge in [0.2, 0.25) is 21.9 Å². The van der Waals surface area contributed by atoms with Gasteiger partial charge in [0.15, 0.2) is 0 Å². The summed E-state index contributed by atoms with van der Waals surface area (Å²) < 4.78 is 69.9. The molecule has 9 nitrogen and oxygen atoms in total. The van der Waals surface area contributed by atoms with Crippen LogP contribution < -0.4 is 15.6 Å². The molecule has 2 aliphatic carbocycles. The van der Waals surface area contributed by atoms with E-state index in [1.807, 2.05) is 13.8 Å². The Bertz CT molecular complexity index is 1630. The first-order valence-electron chi connectivity index (χ1n) is 14.2. The molecule has 2 N–H and O–H groups in total. The molecular weight excluding hydrogens is 569 g/mol. The smallest absolute Gasteiger partial charge is 0.260 e. The van der Waals surface area contributed by atoms with Crippen molar-refractivity contribution in [2.45, 2.75) is 76.4 Å². The lowest BCUT2D eigenvalue weighted by atomic mass is 9.83. The van der Waals surface area contributed by atoms with Crippen molar-refractivity contribution < 1.29 is 21.6 Å². The van der Waals surface area contributed by atoms with Crippen LogP contribution in [0.4, 0.5) is 24.8 Å². The Kier molecular flexibility index (Phi) is 8.27. The molecule has 2 heterocycles. The van der Waals surface area contributed by atoms with Crippen molar-refractivity contribution in [2.24, 2.45) is 5.92 Å². The second-order valence-electron chi connectivity index (χ2n) is 12.1. The van der Waals surface area contributed by atoms with Crippen molar-refractivity contribution in [2.75, 3.05) is 29.9 Å². The molecule has 0 radical (unpaired) electrons. The number of nitrogens with zero attached hydrogens (tertiary/aromatic N) is 4. The Morgan fingerprint density at radius 2 is 1.81 bits per heavy atom. The lowest BCUT2D eigenvalue weighted by molar-refractivity contribution is -0.103. The summed E-state index contributed by atoms with van der Waals surface area (Å²) in [5, 5.41) is 4.02. The number of nitrogens with one attached hydrogen (secondary N) is 2. The number of pyridine rings is 1. The van der Waals surface area contributed by atoms with E-state index in [2.05, 4.69) is 39.0 Å². The number of fused-ring (bicyclic) bond motifs is 1. The summed E-state index contributed by atoms with van der Waals surface area (Å²) in [5.41, 5.74) is 0.258. The first-order chi connectivity index (χ1) is 19.7. The summed E-state index contributed by atoms with van der Waals surface area (Å²) in [4.78, 5) is 25.1. The number of hydrogen-bond donors (Lipinski definition) is 2. The molecule has 3 aromatic rings. The van der Waals surface area contributed by atoms with Crippen LogP contribution in [0.3, 0.4) is 0 Å². The number of benzene rings is 1. The Morgan fingerprint density at radius 3 is 2.40 bits per heavy atom. The van der Waals surface area contributed by atoms with E-state index in [9.17, 15) is 22.0 Å². The molecule has 0 atom stereocenters. The third-order valence-corrected chi connectivity index (χ3v) is 9.67. The van der Waals surface area contributed by atoms with Crippen LogP contribution in [0.5, 0.6) is 0 Å². The van der Waals surface area contributed by atoms with Gasteiger partial charge in [0.25, 0.3) is 5.56 Å². The standard InChI is InChI=1S/C29H37F3N6O3S/c1-17(2)38-26-20(15-33-28(35-26)34-21-6-8-22(9-7-21)37(3)4)11-23(27(38)39)19-5-10-25(24(30)12-19)36-42(40,41)16-18-13-29(31,32)14-18/h5,10-12,15,17-18,21-22,36H,6-9,13-14,16H2,1-4H3,(H,33,34,35). The Hall–Kier alpha value is -3.19. The van der Waals surface area contributed by atoms with Gasteiger partial charge in [-0.15, -0.1) is 0 Å². The summed E-state index contributed by atoms with van der Waals surface area (Å²) in [5.74, 6) is -4.47. The Labute approximate surface area is 243 Å². The van der Waals surface area contributed by atoms with Crippen molar-refractivity contribution >= 4 is 32.7 Å². The van der Waals surface area contributed by atoms with E-state index in [-0.39, 0.29) is 34.5 Å². The first kappa shape index (κ1) is 30.3. The predicted octanol–water partition coefficient (Wildman–Crippen LogP) is 5.25. The van der Waals surface area contributed by atoms with E-state index < -0.39 is 46.3 Å². The Morgan fingerprint density at radius 1 is 1.12 bits per heavy atom. The summed E-state index contributed by atoms with van der Waals surface area (Å²) in [6.45, 7) is 3.72. The van der Waals surface area contributed by atoms with Gasteiger partial charge in [0.05, 0.1) is 11.4 Å². The molecule has 0 saturated heterocycles. The zero-order valence-electron chi connectivity index (χ0n) is 24.2. The number of anilines is 2. The van der Waals surface area contributed by atoms with Gasteiger partial charge in [-0.05, 0) is 83.3 Å². The van der Waals surface area contributed by atoms with Gasteiger partial charge in [-0.1, -0.05) is 6.07 Å². The average molecular weight is 607 g/mol. The molecule has 1 aromatic carbocycles. The molecule has 42 heavy (non-hydrogen) atoms. The van der Waals surface area contributed by atoms with E-state index in [0.29, 0.717) is 23.0 Å². The van der Waals surface area contributed by atoms with Crippen LogP contribution in [0.15, 0.2) is 35.3 Å². The minimum atomic E-state index is -4.04. The van der Waals surface area contributed by atoms with Crippen LogP contribution in [0.25, 0.3) is 22.2 Å². The maximum atomic E-state index is 15.1. The topological polar surface area (TPSA) is 109 Å². The summed E-state index contributed by atoms with van der Waals surface area (Å²) in [6.07, 6.45) is 4.78. The molecule has 2 fully saturated rings. The third kappa shape index (κ3) is 6.56. The van der Waals surface area contributed by atoms with Gasteiger partial charge >= 0.3 is 0 Å². The molecule has 0 amide bonds. The van der Waals surface area contributed by atoms with Crippen LogP contribution in [0, 0.1) is 11.7 Å². The van der Waals surface area contributed by atoms with Crippen molar-refractivity contribution in [3.63, 3.8) is 0 Å². The molecule has 13 heteroatoms. The number of sulfonamides is 1. The van der Waals surface area contributed by atoms with Crippen LogP contribution in [-0.4, -0.2) is 65.7 Å². The van der Waals surface area contributed by atoms with E-state index in [1.165, 1.54) is 12.1 Å². The normalized spacial score (nSPS) is 21.1. The van der Waals surface area contributed by atoms with Gasteiger partial charge in [0, 0.05) is 48.1 Å². The maximum absolute atomic E-state index is 15.1. The lowest BCUT2D eigenvalue weighted by Gasteiger charge is -2.34. The van der Waals surface area contributed by atoms with Gasteiger partial charge in [-0.2, -0.15) is 4.98 Å². The first-order valence-corrected chi connectivity index (χ1v) is 15.9. The van der Waals surface area contributed by atoms with Crippen LogP contribution in [-0.2, 0) is 10.0 Å². The molecule has 0 bridgehead atoms. The maximum Gasteiger partial charge on any atom is 0.260 e. The largest absolute Gasteiger partial charge is 0.351 e. The van der Waals surface area contributed by atoms with E-state index >= 15 is 4.39 Å². The van der Waals surface area contributed by atoms with E-state index in [1.54, 1.807) is 16.8 Å². The van der Waals surface area contributed by atoms with E-state index in [0.717, 1.165) is 31.7 Å². The fraction of sp³-hybridized carbons (Fsp3) is 0.552. The Balaban J connectivity index is 1.38. The second-order valence-corrected chi connectivity index (χ2v) is 13.9. The number of halogens is 3. The highest BCUT2D eigenvalue weighted by Gasteiger charge is 2.46. The molecular formula is C29H37F3N6O3S. The van der Waals surface area contributed by atoms with Gasteiger partial charge < -0.3 is 10.2 Å². The average Bonchev–Trinajstić information content (AvgIpc) is 2.88. The fourth-order valence-electron chi connectivity index (χ4n) is 5.98. The number of alkyl halides is 2. The fourth-order valence-corrected chi connectivity index (χ4v) is 7.42.